The lowest BCUT2D eigenvalue weighted by atomic mass is 9.79. The van der Waals surface area contributed by atoms with Crippen molar-refractivity contribution in [2.45, 2.75) is 58.4 Å². The highest BCUT2D eigenvalue weighted by Gasteiger charge is 2.38. The molecule has 2 unspecified atom stereocenters. The van der Waals surface area contributed by atoms with Gasteiger partial charge in [0, 0.05) is 12.5 Å². The predicted molar refractivity (Wildman–Crippen MR) is 70.2 cm³/mol. The summed E-state index contributed by atoms with van der Waals surface area (Å²) in [5.41, 5.74) is -0.981. The second-order valence-corrected chi connectivity index (χ2v) is 5.31. The number of rotatable bonds is 6. The van der Waals surface area contributed by atoms with E-state index in [1.807, 2.05) is 0 Å². The molecule has 1 aliphatic rings. The van der Waals surface area contributed by atoms with Gasteiger partial charge in [0.25, 0.3) is 0 Å². The number of hydrogen-bond donors (Lipinski definition) is 2. The summed E-state index contributed by atoms with van der Waals surface area (Å²) in [4.78, 5) is 23.4. The van der Waals surface area contributed by atoms with Crippen LogP contribution >= 0.6 is 0 Å². The fourth-order valence-electron chi connectivity index (χ4n) is 2.73. The standard InChI is InChI=1S/C14H22N2O3/c1-3-14(4-2,13(18)19)8-12(17)16-11-7-5-6-10(11)9-15/h10-11H,3-8H2,1-2H3,(H,16,17)(H,18,19). The Morgan fingerprint density at radius 2 is 2.00 bits per heavy atom. The maximum atomic E-state index is 12.0. The first kappa shape index (κ1) is 15.5. The normalized spacial score (nSPS) is 22.8. The minimum atomic E-state index is -0.981. The van der Waals surface area contributed by atoms with Crippen molar-refractivity contribution in [3.8, 4) is 6.07 Å². The van der Waals surface area contributed by atoms with Crippen molar-refractivity contribution in [1.82, 2.24) is 5.32 Å². The van der Waals surface area contributed by atoms with Crippen molar-refractivity contribution < 1.29 is 14.7 Å². The number of carboxylic acids is 1. The maximum Gasteiger partial charge on any atom is 0.310 e. The molecule has 0 radical (unpaired) electrons. The quantitative estimate of drug-likeness (QED) is 0.770. The largest absolute Gasteiger partial charge is 0.481 e. The van der Waals surface area contributed by atoms with E-state index >= 15 is 0 Å². The van der Waals surface area contributed by atoms with Crippen LogP contribution < -0.4 is 5.32 Å². The van der Waals surface area contributed by atoms with Crippen molar-refractivity contribution in [2.75, 3.05) is 0 Å². The van der Waals surface area contributed by atoms with Gasteiger partial charge in [-0.3, -0.25) is 9.59 Å². The van der Waals surface area contributed by atoms with E-state index in [2.05, 4.69) is 11.4 Å². The monoisotopic (exact) mass is 266 g/mol. The molecule has 1 aliphatic carbocycles. The molecule has 19 heavy (non-hydrogen) atoms. The molecule has 0 spiro atoms. The van der Waals surface area contributed by atoms with Gasteiger partial charge in [0.2, 0.25) is 5.91 Å². The van der Waals surface area contributed by atoms with Crippen LogP contribution in [0.4, 0.5) is 0 Å². The van der Waals surface area contributed by atoms with E-state index in [9.17, 15) is 14.7 Å². The molecule has 2 N–H and O–H groups in total. The summed E-state index contributed by atoms with van der Waals surface area (Å²) in [7, 11) is 0. The molecule has 0 aromatic carbocycles. The molecule has 0 bridgehead atoms. The molecule has 106 valence electrons. The predicted octanol–water partition coefficient (Wildman–Crippen LogP) is 2.08. The van der Waals surface area contributed by atoms with Crippen LogP contribution in [0.15, 0.2) is 0 Å². The number of carboxylic acid groups (broad SMARTS) is 1. The van der Waals surface area contributed by atoms with Gasteiger partial charge in [-0.15, -0.1) is 0 Å². The molecule has 1 saturated carbocycles. The molecule has 0 aliphatic heterocycles. The Labute approximate surface area is 114 Å². The molecule has 1 fully saturated rings. The lowest BCUT2D eigenvalue weighted by molar-refractivity contribution is -0.152. The van der Waals surface area contributed by atoms with Gasteiger partial charge in [-0.25, -0.2) is 0 Å². The third-order valence-corrected chi connectivity index (χ3v) is 4.33. The summed E-state index contributed by atoms with van der Waals surface area (Å²) in [5.74, 6) is -1.31. The summed E-state index contributed by atoms with van der Waals surface area (Å²) < 4.78 is 0. The third kappa shape index (κ3) is 3.46. The maximum absolute atomic E-state index is 12.0. The molecule has 0 heterocycles. The molecular weight excluding hydrogens is 244 g/mol. The zero-order chi connectivity index (χ0) is 14.5. The minimum Gasteiger partial charge on any atom is -0.481 e. The molecule has 0 aromatic rings. The van der Waals surface area contributed by atoms with Crippen LogP contribution in [-0.4, -0.2) is 23.0 Å². The first-order valence-corrected chi connectivity index (χ1v) is 6.91. The second kappa shape index (κ2) is 6.55. The second-order valence-electron chi connectivity index (χ2n) is 5.31. The number of carbonyl (C=O) groups is 2. The van der Waals surface area contributed by atoms with Gasteiger partial charge >= 0.3 is 5.97 Å². The zero-order valence-electron chi connectivity index (χ0n) is 11.6. The fourth-order valence-corrected chi connectivity index (χ4v) is 2.73. The zero-order valence-corrected chi connectivity index (χ0v) is 11.6. The number of nitrogens with one attached hydrogen (secondary N) is 1. The van der Waals surface area contributed by atoms with Crippen LogP contribution in [0.2, 0.25) is 0 Å². The molecule has 1 rings (SSSR count). The van der Waals surface area contributed by atoms with Gasteiger partial charge in [0.05, 0.1) is 17.4 Å². The van der Waals surface area contributed by atoms with Crippen LogP contribution in [0.1, 0.15) is 52.4 Å². The highest BCUT2D eigenvalue weighted by Crippen LogP contribution is 2.32. The summed E-state index contributed by atoms with van der Waals surface area (Å²) in [6.07, 6.45) is 3.41. The Bertz CT molecular complexity index is 383. The number of nitriles is 1. The summed E-state index contributed by atoms with van der Waals surface area (Å²) >= 11 is 0. The molecule has 0 aromatic heterocycles. The number of nitrogens with zero attached hydrogens (tertiary/aromatic N) is 1. The van der Waals surface area contributed by atoms with Crippen molar-refractivity contribution in [2.24, 2.45) is 11.3 Å². The Hall–Kier alpha value is -1.57. The summed E-state index contributed by atoms with van der Waals surface area (Å²) in [6.45, 7) is 3.58. The van der Waals surface area contributed by atoms with Gasteiger partial charge in [0.1, 0.15) is 0 Å². The van der Waals surface area contributed by atoms with Crippen LogP contribution in [0.5, 0.6) is 0 Å². The highest BCUT2D eigenvalue weighted by atomic mass is 16.4. The van der Waals surface area contributed by atoms with E-state index < -0.39 is 11.4 Å². The van der Waals surface area contributed by atoms with Gasteiger partial charge in [0.15, 0.2) is 0 Å². The molecular formula is C14H22N2O3. The lowest BCUT2D eigenvalue weighted by Crippen LogP contribution is -2.42. The van der Waals surface area contributed by atoms with E-state index in [0.29, 0.717) is 12.8 Å². The van der Waals surface area contributed by atoms with Crippen molar-refractivity contribution >= 4 is 11.9 Å². The molecule has 5 heteroatoms. The molecule has 2 atom stereocenters. The average Bonchev–Trinajstić information content (AvgIpc) is 2.82. The van der Waals surface area contributed by atoms with Crippen LogP contribution in [-0.2, 0) is 9.59 Å². The van der Waals surface area contributed by atoms with Gasteiger partial charge in [-0.2, -0.15) is 5.26 Å². The first-order valence-electron chi connectivity index (χ1n) is 6.91. The van der Waals surface area contributed by atoms with E-state index in [1.165, 1.54) is 0 Å². The smallest absolute Gasteiger partial charge is 0.310 e. The number of carbonyl (C=O) groups excluding carboxylic acids is 1. The topological polar surface area (TPSA) is 90.2 Å². The number of aliphatic carboxylic acids is 1. The van der Waals surface area contributed by atoms with E-state index in [0.717, 1.165) is 19.3 Å². The Morgan fingerprint density at radius 1 is 1.37 bits per heavy atom. The summed E-state index contributed by atoms with van der Waals surface area (Å²) in [5, 5.41) is 21.1. The summed E-state index contributed by atoms with van der Waals surface area (Å²) in [6, 6.07) is 2.09. The number of hydrogen-bond acceptors (Lipinski definition) is 3. The lowest BCUT2D eigenvalue weighted by Gasteiger charge is -2.27. The van der Waals surface area contributed by atoms with Crippen molar-refractivity contribution in [3.63, 3.8) is 0 Å². The minimum absolute atomic E-state index is 0.00994. The van der Waals surface area contributed by atoms with Gasteiger partial charge < -0.3 is 10.4 Å². The molecule has 1 amide bonds. The van der Waals surface area contributed by atoms with Gasteiger partial charge in [-0.1, -0.05) is 13.8 Å². The van der Waals surface area contributed by atoms with Crippen LogP contribution in [0.25, 0.3) is 0 Å². The van der Waals surface area contributed by atoms with E-state index in [1.54, 1.807) is 13.8 Å². The fraction of sp³-hybridized carbons (Fsp3) is 0.786. The molecule has 5 nitrogen and oxygen atoms in total. The van der Waals surface area contributed by atoms with E-state index in [4.69, 9.17) is 5.26 Å². The van der Waals surface area contributed by atoms with Crippen LogP contribution in [0, 0.1) is 22.7 Å². The van der Waals surface area contributed by atoms with Crippen LogP contribution in [0.3, 0.4) is 0 Å². The van der Waals surface area contributed by atoms with E-state index in [-0.39, 0.29) is 24.3 Å². The Balaban J connectivity index is 2.64. The Kier molecular flexibility index (Phi) is 5.34. The number of amides is 1. The SMILES string of the molecule is CCC(CC)(CC(=O)NC1CCCC1C#N)C(=O)O. The third-order valence-electron chi connectivity index (χ3n) is 4.33. The molecule has 0 saturated heterocycles. The van der Waals surface area contributed by atoms with Gasteiger partial charge in [-0.05, 0) is 32.1 Å². The Morgan fingerprint density at radius 3 is 2.47 bits per heavy atom. The first-order chi connectivity index (χ1) is 8.99. The van der Waals surface area contributed by atoms with Crippen molar-refractivity contribution in [3.05, 3.63) is 0 Å². The highest BCUT2D eigenvalue weighted by molar-refractivity contribution is 5.85. The van der Waals surface area contributed by atoms with Crippen molar-refractivity contribution in [1.29, 1.82) is 5.26 Å². The average molecular weight is 266 g/mol.